The maximum atomic E-state index is 11.6. The van der Waals surface area contributed by atoms with Crippen LogP contribution < -0.4 is 0 Å². The number of rotatable bonds is 2. The van der Waals surface area contributed by atoms with Gasteiger partial charge in [0.1, 0.15) is 0 Å². The Morgan fingerprint density at radius 1 is 1.33 bits per heavy atom. The van der Waals surface area contributed by atoms with Crippen LogP contribution in [0.4, 0.5) is 0 Å². The number of carboxylic acid groups (broad SMARTS) is 1. The van der Waals surface area contributed by atoms with Gasteiger partial charge in [0.2, 0.25) is 5.41 Å². The predicted octanol–water partition coefficient (Wildman–Crippen LogP) is 0.572. The first kappa shape index (κ1) is 10.4. The highest BCUT2D eigenvalue weighted by atomic mass is 16.6. The lowest BCUT2D eigenvalue weighted by atomic mass is 9.70. The van der Waals surface area contributed by atoms with Gasteiger partial charge >= 0.3 is 11.9 Å². The molecule has 2 aliphatic heterocycles. The van der Waals surface area contributed by atoms with Crippen LogP contribution in [0.3, 0.4) is 0 Å². The minimum Gasteiger partial charge on any atom is -0.480 e. The SMILES string of the molecule is COC(=O)C1(C(=O)O)C2CCCCC1O2. The number of carboxylic acids is 1. The van der Waals surface area contributed by atoms with Crippen molar-refractivity contribution in [1.82, 2.24) is 0 Å². The first-order valence-electron chi connectivity index (χ1n) is 5.11. The van der Waals surface area contributed by atoms with E-state index in [1.165, 1.54) is 7.11 Å². The van der Waals surface area contributed by atoms with Crippen LogP contribution in [0.5, 0.6) is 0 Å². The molecule has 2 bridgehead atoms. The lowest BCUT2D eigenvalue weighted by Crippen LogP contribution is -2.67. The molecule has 0 radical (unpaired) electrons. The van der Waals surface area contributed by atoms with E-state index in [9.17, 15) is 14.7 Å². The molecule has 0 spiro atoms. The Hall–Kier alpha value is -1.10. The molecule has 5 heteroatoms. The van der Waals surface area contributed by atoms with E-state index in [4.69, 9.17) is 4.74 Å². The topological polar surface area (TPSA) is 72.8 Å². The van der Waals surface area contributed by atoms with Gasteiger partial charge in [-0.15, -0.1) is 0 Å². The zero-order valence-corrected chi connectivity index (χ0v) is 8.56. The fourth-order valence-electron chi connectivity index (χ4n) is 2.59. The third-order valence-electron chi connectivity index (χ3n) is 3.40. The van der Waals surface area contributed by atoms with Gasteiger partial charge in [-0.3, -0.25) is 9.59 Å². The third kappa shape index (κ3) is 1.19. The number of methoxy groups -OCH3 is 1. The fourth-order valence-corrected chi connectivity index (χ4v) is 2.59. The van der Waals surface area contributed by atoms with Crippen molar-refractivity contribution in [3.63, 3.8) is 0 Å². The molecule has 5 nitrogen and oxygen atoms in total. The number of carbonyl (C=O) groups is 2. The quantitative estimate of drug-likeness (QED) is 0.537. The van der Waals surface area contributed by atoms with E-state index in [-0.39, 0.29) is 0 Å². The van der Waals surface area contributed by atoms with E-state index in [1.807, 2.05) is 0 Å². The maximum absolute atomic E-state index is 11.6. The summed E-state index contributed by atoms with van der Waals surface area (Å²) in [6, 6.07) is 0. The lowest BCUT2D eigenvalue weighted by molar-refractivity contribution is -0.253. The third-order valence-corrected chi connectivity index (χ3v) is 3.40. The molecule has 15 heavy (non-hydrogen) atoms. The average molecular weight is 214 g/mol. The van der Waals surface area contributed by atoms with Crippen LogP contribution in [-0.4, -0.2) is 36.4 Å². The van der Waals surface area contributed by atoms with Gasteiger partial charge < -0.3 is 14.6 Å². The van der Waals surface area contributed by atoms with Crippen LogP contribution in [0.25, 0.3) is 0 Å². The molecule has 2 saturated heterocycles. The van der Waals surface area contributed by atoms with Crippen LogP contribution in [0.2, 0.25) is 0 Å². The van der Waals surface area contributed by atoms with Crippen LogP contribution in [0, 0.1) is 5.41 Å². The number of aliphatic carboxylic acids is 1. The molecular formula is C10H14O5. The molecule has 1 aliphatic carbocycles. The van der Waals surface area contributed by atoms with E-state index in [2.05, 4.69) is 4.74 Å². The Kier molecular flexibility index (Phi) is 2.42. The summed E-state index contributed by atoms with van der Waals surface area (Å²) in [6.07, 6.45) is 2.06. The number of esters is 1. The summed E-state index contributed by atoms with van der Waals surface area (Å²) in [5.74, 6) is -1.78. The molecule has 0 aromatic rings. The molecule has 3 rings (SSSR count). The van der Waals surface area contributed by atoms with Crippen molar-refractivity contribution in [2.45, 2.75) is 37.9 Å². The van der Waals surface area contributed by atoms with Gasteiger partial charge in [-0.25, -0.2) is 0 Å². The number of ether oxygens (including phenoxy) is 2. The normalized spacial score (nSPS) is 38.7. The molecule has 0 aromatic carbocycles. The number of carbonyl (C=O) groups excluding carboxylic acids is 1. The highest BCUT2D eigenvalue weighted by molar-refractivity contribution is 6.01. The van der Waals surface area contributed by atoms with Gasteiger partial charge in [0.15, 0.2) is 0 Å². The summed E-state index contributed by atoms with van der Waals surface area (Å²) in [5, 5.41) is 9.24. The van der Waals surface area contributed by atoms with Crippen LogP contribution in [0.15, 0.2) is 0 Å². The second kappa shape index (κ2) is 3.48. The van der Waals surface area contributed by atoms with E-state index >= 15 is 0 Å². The Bertz CT molecular complexity index is 282. The van der Waals surface area contributed by atoms with Gasteiger partial charge in [-0.05, 0) is 12.8 Å². The van der Waals surface area contributed by atoms with Crippen molar-refractivity contribution < 1.29 is 24.2 Å². The summed E-state index contributed by atoms with van der Waals surface area (Å²) < 4.78 is 10.0. The number of fused-ring (bicyclic) bond motifs is 3. The zero-order chi connectivity index (χ0) is 11.1. The molecule has 2 heterocycles. The predicted molar refractivity (Wildman–Crippen MR) is 49.2 cm³/mol. The van der Waals surface area contributed by atoms with E-state index < -0.39 is 29.6 Å². The number of hydrogen-bond acceptors (Lipinski definition) is 4. The fraction of sp³-hybridized carbons (Fsp3) is 0.800. The summed E-state index contributed by atoms with van der Waals surface area (Å²) in [4.78, 5) is 22.9. The number of hydrogen-bond donors (Lipinski definition) is 1. The summed E-state index contributed by atoms with van der Waals surface area (Å²) >= 11 is 0. The molecule has 84 valence electrons. The van der Waals surface area contributed by atoms with Crippen molar-refractivity contribution in [3.8, 4) is 0 Å². The van der Waals surface area contributed by atoms with Crippen molar-refractivity contribution in [3.05, 3.63) is 0 Å². The smallest absolute Gasteiger partial charge is 0.328 e. The summed E-state index contributed by atoms with van der Waals surface area (Å²) in [5.41, 5.74) is -1.44. The largest absolute Gasteiger partial charge is 0.480 e. The lowest BCUT2D eigenvalue weighted by Gasteiger charge is -2.48. The second-order valence-corrected chi connectivity index (χ2v) is 4.06. The summed E-state index contributed by atoms with van der Waals surface area (Å²) in [6.45, 7) is 0. The summed E-state index contributed by atoms with van der Waals surface area (Å²) in [7, 11) is 1.22. The van der Waals surface area contributed by atoms with Gasteiger partial charge in [-0.2, -0.15) is 0 Å². The Morgan fingerprint density at radius 2 is 1.87 bits per heavy atom. The first-order chi connectivity index (χ1) is 7.14. The van der Waals surface area contributed by atoms with Crippen molar-refractivity contribution >= 4 is 11.9 Å². The van der Waals surface area contributed by atoms with E-state index in [0.29, 0.717) is 12.8 Å². The first-order valence-corrected chi connectivity index (χ1v) is 5.11. The molecular weight excluding hydrogens is 200 g/mol. The molecule has 3 aliphatic rings. The van der Waals surface area contributed by atoms with E-state index in [1.54, 1.807) is 0 Å². The molecule has 3 fully saturated rings. The van der Waals surface area contributed by atoms with Crippen molar-refractivity contribution in [1.29, 1.82) is 0 Å². The Labute approximate surface area is 87.4 Å². The molecule has 2 unspecified atom stereocenters. The van der Waals surface area contributed by atoms with Crippen LogP contribution in [-0.2, 0) is 19.1 Å². The zero-order valence-electron chi connectivity index (χ0n) is 8.56. The molecule has 2 atom stereocenters. The van der Waals surface area contributed by atoms with E-state index in [0.717, 1.165) is 12.8 Å². The molecule has 1 N–H and O–H groups in total. The van der Waals surface area contributed by atoms with Gasteiger partial charge in [0, 0.05) is 0 Å². The highest BCUT2D eigenvalue weighted by Crippen LogP contribution is 2.49. The minimum absolute atomic E-state index is 0.505. The average Bonchev–Trinajstić information content (AvgIpc) is 2.51. The monoisotopic (exact) mass is 214 g/mol. The highest BCUT2D eigenvalue weighted by Gasteiger charge is 2.68. The molecule has 0 aromatic heterocycles. The molecule has 0 amide bonds. The van der Waals surface area contributed by atoms with Crippen LogP contribution in [0.1, 0.15) is 25.7 Å². The second-order valence-electron chi connectivity index (χ2n) is 4.06. The van der Waals surface area contributed by atoms with Crippen molar-refractivity contribution in [2.24, 2.45) is 5.41 Å². The maximum Gasteiger partial charge on any atom is 0.328 e. The van der Waals surface area contributed by atoms with Crippen LogP contribution >= 0.6 is 0 Å². The standard InChI is InChI=1S/C10H14O5/c1-14-9(13)10(8(11)12)6-4-2-3-5-7(10)15-6/h6-7H,2-5H2,1H3,(H,11,12). The molecule has 1 saturated carbocycles. The Balaban J connectivity index is 2.34. The van der Waals surface area contributed by atoms with Gasteiger partial charge in [0.25, 0.3) is 0 Å². The Morgan fingerprint density at radius 3 is 2.27 bits per heavy atom. The van der Waals surface area contributed by atoms with Gasteiger partial charge in [0.05, 0.1) is 19.3 Å². The minimum atomic E-state index is -1.44. The van der Waals surface area contributed by atoms with Crippen molar-refractivity contribution in [2.75, 3.05) is 7.11 Å². The van der Waals surface area contributed by atoms with Gasteiger partial charge in [-0.1, -0.05) is 12.8 Å².